The van der Waals surface area contributed by atoms with E-state index in [1.54, 1.807) is 0 Å². The molecule has 1 unspecified atom stereocenters. The molecule has 118 valence electrons. The first-order valence-corrected chi connectivity index (χ1v) is 8.15. The first-order valence-electron chi connectivity index (χ1n) is 8.15. The second-order valence-corrected chi connectivity index (χ2v) is 5.42. The van der Waals surface area contributed by atoms with E-state index in [4.69, 9.17) is 0 Å². The highest BCUT2D eigenvalue weighted by molar-refractivity contribution is 5.81. The highest BCUT2D eigenvalue weighted by Gasteiger charge is 2.00. The molecule has 0 radical (unpaired) electrons. The van der Waals surface area contributed by atoms with E-state index in [2.05, 4.69) is 11.7 Å². The van der Waals surface area contributed by atoms with Crippen molar-refractivity contribution in [3.63, 3.8) is 0 Å². The summed E-state index contributed by atoms with van der Waals surface area (Å²) in [5.74, 6) is -0.410. The summed E-state index contributed by atoms with van der Waals surface area (Å²) in [5.41, 5.74) is 0. The Morgan fingerprint density at radius 2 is 1.50 bits per heavy atom. The lowest BCUT2D eigenvalue weighted by Crippen LogP contribution is -2.04. The molecule has 0 aromatic carbocycles. The number of aliphatic hydroxyl groups excluding tert-OH is 1. The van der Waals surface area contributed by atoms with Crippen molar-refractivity contribution in [2.24, 2.45) is 0 Å². The van der Waals surface area contributed by atoms with Crippen molar-refractivity contribution in [2.45, 2.75) is 83.7 Å². The van der Waals surface area contributed by atoms with Crippen molar-refractivity contribution in [3.05, 3.63) is 12.2 Å². The van der Waals surface area contributed by atoms with Crippen LogP contribution < -0.4 is 0 Å². The number of carbonyl (C=O) groups is 1. The Kier molecular flexibility index (Phi) is 14.0. The normalized spacial score (nSPS) is 12.8. The van der Waals surface area contributed by atoms with E-state index in [1.165, 1.54) is 70.6 Å². The van der Waals surface area contributed by atoms with E-state index in [0.29, 0.717) is 0 Å². The van der Waals surface area contributed by atoms with Gasteiger partial charge in [-0.2, -0.15) is 0 Å². The molecule has 1 atom stereocenters. The number of unbranched alkanes of at least 4 members (excludes halogenated alkanes) is 9. The number of hydrogen-bond acceptors (Lipinski definition) is 3. The van der Waals surface area contributed by atoms with Crippen LogP contribution in [0.3, 0.4) is 0 Å². The number of aliphatic hydroxyl groups is 1. The zero-order valence-electron chi connectivity index (χ0n) is 13.3. The summed E-state index contributed by atoms with van der Waals surface area (Å²) in [6.07, 6.45) is 15.9. The van der Waals surface area contributed by atoms with E-state index in [0.717, 1.165) is 19.3 Å². The fourth-order valence-electron chi connectivity index (χ4n) is 2.19. The topological polar surface area (TPSA) is 46.5 Å². The molecule has 0 amide bonds. The number of hydrogen-bond donors (Lipinski definition) is 1. The monoisotopic (exact) mass is 284 g/mol. The molecule has 0 saturated carbocycles. The van der Waals surface area contributed by atoms with Crippen LogP contribution in [0, 0.1) is 0 Å². The summed E-state index contributed by atoms with van der Waals surface area (Å²) in [4.78, 5) is 10.8. The lowest BCUT2D eigenvalue weighted by atomic mass is 10.0. The van der Waals surface area contributed by atoms with E-state index in [9.17, 15) is 9.90 Å². The van der Waals surface area contributed by atoms with Crippen LogP contribution in [-0.2, 0) is 9.53 Å². The molecule has 0 fully saturated rings. The Morgan fingerprint density at radius 3 is 2.00 bits per heavy atom. The van der Waals surface area contributed by atoms with Gasteiger partial charge in [-0.1, -0.05) is 71.1 Å². The van der Waals surface area contributed by atoms with Gasteiger partial charge in [-0.25, -0.2) is 4.79 Å². The van der Waals surface area contributed by atoms with Crippen LogP contribution in [0.1, 0.15) is 77.6 Å². The van der Waals surface area contributed by atoms with Gasteiger partial charge in [0.2, 0.25) is 0 Å². The molecule has 0 rings (SSSR count). The van der Waals surface area contributed by atoms with Gasteiger partial charge in [-0.15, -0.1) is 0 Å². The lowest BCUT2D eigenvalue weighted by molar-refractivity contribution is -0.134. The molecule has 20 heavy (non-hydrogen) atoms. The van der Waals surface area contributed by atoms with Crippen LogP contribution in [0.25, 0.3) is 0 Å². The standard InChI is InChI=1S/C17H32O3/c1-3-4-5-6-7-8-9-10-11-12-13-16(18)14-15-17(19)20-2/h14-16,18H,3-13H2,1-2H3/b15-14+. The van der Waals surface area contributed by atoms with Gasteiger partial charge < -0.3 is 9.84 Å². The molecule has 3 nitrogen and oxygen atoms in total. The van der Waals surface area contributed by atoms with Crippen molar-refractivity contribution in [1.29, 1.82) is 0 Å². The Labute approximate surface area is 124 Å². The van der Waals surface area contributed by atoms with Crippen molar-refractivity contribution >= 4 is 5.97 Å². The first kappa shape index (κ1) is 19.2. The summed E-state index contributed by atoms with van der Waals surface area (Å²) in [6.45, 7) is 2.24. The van der Waals surface area contributed by atoms with Gasteiger partial charge in [0.15, 0.2) is 0 Å². The number of ether oxygens (including phenoxy) is 1. The first-order chi connectivity index (χ1) is 9.70. The summed E-state index contributed by atoms with van der Waals surface area (Å²) in [5, 5.41) is 9.62. The molecule has 0 aliphatic heterocycles. The van der Waals surface area contributed by atoms with Gasteiger partial charge in [0.05, 0.1) is 13.2 Å². The minimum absolute atomic E-state index is 0.410. The fraction of sp³-hybridized carbons (Fsp3) is 0.824. The number of esters is 1. The Bertz CT molecular complexity index is 249. The Hall–Kier alpha value is -0.830. The number of methoxy groups -OCH3 is 1. The van der Waals surface area contributed by atoms with Crippen molar-refractivity contribution in [1.82, 2.24) is 0 Å². The van der Waals surface area contributed by atoms with Crippen LogP contribution in [0.4, 0.5) is 0 Å². The molecular weight excluding hydrogens is 252 g/mol. The number of rotatable bonds is 13. The van der Waals surface area contributed by atoms with E-state index < -0.39 is 12.1 Å². The van der Waals surface area contributed by atoms with Crippen LogP contribution in [-0.4, -0.2) is 24.3 Å². The second-order valence-electron chi connectivity index (χ2n) is 5.42. The third-order valence-electron chi connectivity index (χ3n) is 3.51. The van der Waals surface area contributed by atoms with Crippen LogP contribution in [0.15, 0.2) is 12.2 Å². The SMILES string of the molecule is CCCCCCCCCCCCC(O)/C=C/C(=O)OC. The van der Waals surface area contributed by atoms with Gasteiger partial charge in [0, 0.05) is 6.08 Å². The maximum absolute atomic E-state index is 10.8. The molecule has 0 saturated heterocycles. The highest BCUT2D eigenvalue weighted by atomic mass is 16.5. The quantitative estimate of drug-likeness (QED) is 0.310. The molecule has 0 aliphatic rings. The van der Waals surface area contributed by atoms with Gasteiger partial charge >= 0.3 is 5.97 Å². The van der Waals surface area contributed by atoms with Crippen molar-refractivity contribution in [2.75, 3.05) is 7.11 Å². The lowest BCUT2D eigenvalue weighted by Gasteiger charge is -2.05. The van der Waals surface area contributed by atoms with Gasteiger partial charge in [0.1, 0.15) is 0 Å². The summed E-state index contributed by atoms with van der Waals surface area (Å²) in [7, 11) is 1.33. The Morgan fingerprint density at radius 1 is 1.00 bits per heavy atom. The third-order valence-corrected chi connectivity index (χ3v) is 3.51. The molecule has 0 aromatic heterocycles. The highest BCUT2D eigenvalue weighted by Crippen LogP contribution is 2.12. The van der Waals surface area contributed by atoms with E-state index in [-0.39, 0.29) is 0 Å². The third kappa shape index (κ3) is 13.6. The van der Waals surface area contributed by atoms with Crippen LogP contribution in [0.5, 0.6) is 0 Å². The average Bonchev–Trinajstić information content (AvgIpc) is 2.46. The Balaban J connectivity index is 3.27. The molecule has 1 N–H and O–H groups in total. The van der Waals surface area contributed by atoms with Crippen LogP contribution >= 0.6 is 0 Å². The van der Waals surface area contributed by atoms with Crippen molar-refractivity contribution < 1.29 is 14.6 Å². The molecule has 0 aromatic rings. The van der Waals surface area contributed by atoms with Gasteiger partial charge in [-0.3, -0.25) is 0 Å². The maximum atomic E-state index is 10.8. The predicted octanol–water partition coefficient (Wildman–Crippen LogP) is 4.39. The molecular formula is C17H32O3. The average molecular weight is 284 g/mol. The summed E-state index contributed by atoms with van der Waals surface area (Å²) >= 11 is 0. The molecule has 0 bridgehead atoms. The predicted molar refractivity (Wildman–Crippen MR) is 83.6 cm³/mol. The molecule has 3 heteroatoms. The largest absolute Gasteiger partial charge is 0.466 e. The van der Waals surface area contributed by atoms with Crippen LogP contribution in [0.2, 0.25) is 0 Å². The zero-order valence-corrected chi connectivity index (χ0v) is 13.3. The zero-order chi connectivity index (χ0) is 15.1. The summed E-state index contributed by atoms with van der Waals surface area (Å²) in [6, 6.07) is 0. The van der Waals surface area contributed by atoms with Crippen molar-refractivity contribution in [3.8, 4) is 0 Å². The fourth-order valence-corrected chi connectivity index (χ4v) is 2.19. The molecule has 0 heterocycles. The smallest absolute Gasteiger partial charge is 0.330 e. The van der Waals surface area contributed by atoms with Gasteiger partial charge in [-0.05, 0) is 12.5 Å². The minimum Gasteiger partial charge on any atom is -0.466 e. The van der Waals surface area contributed by atoms with Gasteiger partial charge in [0.25, 0.3) is 0 Å². The number of carbonyl (C=O) groups excluding carboxylic acids is 1. The second kappa shape index (κ2) is 14.6. The molecule has 0 aliphatic carbocycles. The molecule has 0 spiro atoms. The maximum Gasteiger partial charge on any atom is 0.330 e. The van der Waals surface area contributed by atoms with E-state index in [1.807, 2.05) is 0 Å². The summed E-state index contributed by atoms with van der Waals surface area (Å²) < 4.78 is 4.47. The van der Waals surface area contributed by atoms with E-state index >= 15 is 0 Å². The minimum atomic E-state index is -0.525.